The molecule has 3 aromatic carbocycles. The molecule has 1 fully saturated rings. The molecule has 244 valence electrons. The first-order valence-corrected chi connectivity index (χ1v) is 18.7. The van der Waals surface area contributed by atoms with Gasteiger partial charge >= 0.3 is 0 Å². The van der Waals surface area contributed by atoms with Crippen molar-refractivity contribution in [3.63, 3.8) is 0 Å². The maximum absolute atomic E-state index is 14.6. The second-order valence-electron chi connectivity index (χ2n) is 12.9. The number of benzene rings is 3. The van der Waals surface area contributed by atoms with Crippen LogP contribution in [0.4, 0.5) is 11.4 Å². The lowest BCUT2D eigenvalue weighted by molar-refractivity contribution is -0.150. The Labute approximate surface area is 270 Å². The van der Waals surface area contributed by atoms with E-state index in [1.54, 1.807) is 28.0 Å². The summed E-state index contributed by atoms with van der Waals surface area (Å²) in [4.78, 5) is 55.4. The molecule has 46 heavy (non-hydrogen) atoms. The molecule has 1 spiro atoms. The van der Waals surface area contributed by atoms with E-state index in [9.17, 15) is 29.4 Å². The van der Waals surface area contributed by atoms with Crippen molar-refractivity contribution in [1.82, 2.24) is 4.90 Å². The van der Waals surface area contributed by atoms with E-state index in [1.807, 2.05) is 80.7 Å². The Bertz CT molecular complexity index is 1580. The zero-order valence-corrected chi connectivity index (χ0v) is 27.7. The summed E-state index contributed by atoms with van der Waals surface area (Å²) in [6, 6.07) is 24.1. The predicted octanol–water partition coefficient (Wildman–Crippen LogP) is 3.76. The highest BCUT2D eigenvalue weighted by molar-refractivity contribution is 6.71. The molecule has 0 bridgehead atoms. The van der Waals surface area contributed by atoms with Crippen LogP contribution in [0.15, 0.2) is 78.9 Å². The molecular formula is C35H43N3O7Si. The summed E-state index contributed by atoms with van der Waals surface area (Å²) in [5, 5.41) is 22.1. The molecule has 0 aliphatic carbocycles. The number of aliphatic hydroxyl groups excluding tert-OH is 2. The van der Waals surface area contributed by atoms with Crippen LogP contribution in [0.3, 0.4) is 0 Å². The van der Waals surface area contributed by atoms with E-state index in [2.05, 4.69) is 5.32 Å². The topological polar surface area (TPSA) is 140 Å². The lowest BCUT2D eigenvalue weighted by atomic mass is 9.82. The number of ether oxygens (including phenoxy) is 1. The summed E-state index contributed by atoms with van der Waals surface area (Å²) in [6.07, 6.45) is -1.93. The highest BCUT2D eigenvalue weighted by Gasteiger charge is 2.66. The lowest BCUT2D eigenvalue weighted by Crippen LogP contribution is -2.46. The molecule has 0 unspecified atom stereocenters. The van der Waals surface area contributed by atoms with Crippen molar-refractivity contribution >= 4 is 37.4 Å². The second-order valence-corrected chi connectivity index (χ2v) is 16.8. The number of hydrogen-bond acceptors (Lipinski definition) is 7. The number of rotatable bonds is 11. The van der Waals surface area contributed by atoms with Gasteiger partial charge in [-0.25, -0.2) is 0 Å². The largest absolute Gasteiger partial charge is 0.432 e. The minimum atomic E-state index is -2.99. The zero-order valence-electron chi connectivity index (χ0n) is 26.7. The zero-order chi connectivity index (χ0) is 33.2. The van der Waals surface area contributed by atoms with Crippen molar-refractivity contribution in [1.29, 1.82) is 0 Å². The van der Waals surface area contributed by atoms with Gasteiger partial charge in [-0.3, -0.25) is 14.4 Å². The third-order valence-electron chi connectivity index (χ3n) is 9.12. The first kappa shape index (κ1) is 33.5. The van der Waals surface area contributed by atoms with Crippen molar-refractivity contribution in [3.8, 4) is 0 Å². The van der Waals surface area contributed by atoms with Crippen LogP contribution < -0.4 is 10.2 Å². The van der Waals surface area contributed by atoms with Crippen molar-refractivity contribution in [2.24, 2.45) is 5.92 Å². The van der Waals surface area contributed by atoms with Gasteiger partial charge in [0.2, 0.25) is 5.91 Å². The minimum Gasteiger partial charge on any atom is -0.432 e. The number of para-hydroxylation sites is 1. The Morgan fingerprint density at radius 1 is 1.04 bits per heavy atom. The second kappa shape index (κ2) is 13.5. The van der Waals surface area contributed by atoms with Gasteiger partial charge in [-0.05, 0) is 49.3 Å². The van der Waals surface area contributed by atoms with Gasteiger partial charge in [0.05, 0.1) is 31.4 Å². The number of amides is 3. The van der Waals surface area contributed by atoms with Gasteiger partial charge in [0, 0.05) is 35.8 Å². The van der Waals surface area contributed by atoms with Gasteiger partial charge in [-0.1, -0.05) is 67.6 Å². The number of fused-ring (bicyclic) bond motifs is 2. The number of carbonyl (C=O) groups is 3. The predicted molar refractivity (Wildman–Crippen MR) is 177 cm³/mol. The van der Waals surface area contributed by atoms with E-state index in [-0.39, 0.29) is 37.9 Å². The molecular weight excluding hydrogens is 602 g/mol. The van der Waals surface area contributed by atoms with Crippen LogP contribution in [0.25, 0.3) is 0 Å². The Kier molecular flexibility index (Phi) is 9.80. The van der Waals surface area contributed by atoms with Crippen LogP contribution in [0.2, 0.25) is 18.6 Å². The van der Waals surface area contributed by atoms with E-state index in [1.165, 1.54) is 6.92 Å². The molecule has 3 amide bonds. The molecule has 4 N–H and O–H groups in total. The Hall–Kier alpha value is -3.87. The molecule has 0 aromatic heterocycles. The van der Waals surface area contributed by atoms with Crippen molar-refractivity contribution < 1.29 is 34.1 Å². The molecule has 11 heteroatoms. The van der Waals surface area contributed by atoms with Gasteiger partial charge in [0.1, 0.15) is 6.10 Å². The van der Waals surface area contributed by atoms with Gasteiger partial charge in [-0.2, -0.15) is 0 Å². The number of hydrogen-bond donors (Lipinski definition) is 4. The molecule has 2 aliphatic rings. The highest BCUT2D eigenvalue weighted by atomic mass is 28.4. The molecule has 3 aromatic rings. The smallest absolute Gasteiger partial charge is 0.264 e. The summed E-state index contributed by atoms with van der Waals surface area (Å²) >= 11 is 0. The quantitative estimate of drug-likeness (QED) is 0.233. The van der Waals surface area contributed by atoms with Crippen LogP contribution >= 0.6 is 0 Å². The van der Waals surface area contributed by atoms with Crippen LogP contribution in [0.5, 0.6) is 0 Å². The number of carbonyl (C=O) groups excluding carboxylic acids is 3. The number of nitrogens with zero attached hydrogens (tertiary/aromatic N) is 2. The first-order valence-electron chi connectivity index (χ1n) is 15.7. The molecule has 2 heterocycles. The maximum Gasteiger partial charge on any atom is 0.264 e. The van der Waals surface area contributed by atoms with E-state index in [0.717, 1.165) is 11.1 Å². The Balaban J connectivity index is 1.45. The SMILES string of the molecule is C[C@H](O)C(=O)Nc1cccc(CN2C(=O)[C@@]3(O[C@@H](CC(=O)N(CCO)Cc4ccccc4)[C@H]([Si](C)(C)O)[C@H]3C)c3ccccc32)c1. The molecule has 5 rings (SSSR count). The fourth-order valence-electron chi connectivity index (χ4n) is 7.08. The molecule has 1 saturated heterocycles. The monoisotopic (exact) mass is 645 g/mol. The van der Waals surface area contributed by atoms with E-state index in [0.29, 0.717) is 23.5 Å². The highest BCUT2D eigenvalue weighted by Crippen LogP contribution is 2.59. The van der Waals surface area contributed by atoms with Gasteiger partial charge in [0.25, 0.3) is 11.8 Å². The lowest BCUT2D eigenvalue weighted by Gasteiger charge is -2.32. The Morgan fingerprint density at radius 2 is 1.72 bits per heavy atom. The summed E-state index contributed by atoms with van der Waals surface area (Å²) in [7, 11) is -2.99. The van der Waals surface area contributed by atoms with E-state index < -0.39 is 43.5 Å². The minimum absolute atomic E-state index is 0.0406. The summed E-state index contributed by atoms with van der Waals surface area (Å²) in [5.74, 6) is -1.46. The van der Waals surface area contributed by atoms with Crippen molar-refractivity contribution in [2.45, 2.75) is 69.8 Å². The van der Waals surface area contributed by atoms with Crippen molar-refractivity contribution in [3.05, 3.63) is 95.6 Å². The van der Waals surface area contributed by atoms with Crippen LogP contribution in [0, 0.1) is 5.92 Å². The standard InChI is InChI=1S/C35H43N3O7Si/c1-23-32(46(3,4)44)30(20-31(41)37(17-18-39)21-25-11-6-5-7-12-25)45-35(23)28-15-8-9-16-29(28)38(34(35)43)22-26-13-10-14-27(19-26)36-33(42)24(2)40/h5-16,19,23-24,30,32,39-40,44H,17-18,20-22H2,1-4H3,(H,36,42)/t23-,24+,30+,32-,35+/m1/s1. The summed E-state index contributed by atoms with van der Waals surface area (Å²) < 4.78 is 6.81. The molecule has 2 aliphatic heterocycles. The first-order chi connectivity index (χ1) is 21.9. The normalized spacial score (nSPS) is 23.0. The average molecular weight is 646 g/mol. The molecule has 10 nitrogen and oxygen atoms in total. The average Bonchev–Trinajstić information content (AvgIpc) is 3.44. The number of aliphatic hydroxyl groups is 2. The van der Waals surface area contributed by atoms with E-state index in [4.69, 9.17) is 4.74 Å². The summed E-state index contributed by atoms with van der Waals surface area (Å²) in [6.45, 7) is 7.43. The molecule has 5 atom stereocenters. The third kappa shape index (κ3) is 6.51. The van der Waals surface area contributed by atoms with Crippen molar-refractivity contribution in [2.75, 3.05) is 23.4 Å². The van der Waals surface area contributed by atoms with Gasteiger partial charge in [0.15, 0.2) is 13.9 Å². The van der Waals surface area contributed by atoms with Gasteiger partial charge < -0.3 is 34.9 Å². The molecule has 0 radical (unpaired) electrons. The molecule has 0 saturated carbocycles. The fraction of sp³-hybridized carbons (Fsp3) is 0.400. The fourth-order valence-corrected chi connectivity index (χ4v) is 9.64. The van der Waals surface area contributed by atoms with Crippen LogP contribution in [0.1, 0.15) is 37.0 Å². The van der Waals surface area contributed by atoms with Gasteiger partial charge in [-0.15, -0.1) is 0 Å². The van der Waals surface area contributed by atoms with Crippen LogP contribution in [-0.2, 0) is 37.8 Å². The third-order valence-corrected chi connectivity index (χ3v) is 11.6. The van der Waals surface area contributed by atoms with E-state index >= 15 is 0 Å². The maximum atomic E-state index is 14.6. The number of anilines is 2. The summed E-state index contributed by atoms with van der Waals surface area (Å²) in [5.41, 5.74) is 1.74. The van der Waals surface area contributed by atoms with Crippen LogP contribution in [-0.4, -0.2) is 71.3 Å². The number of nitrogens with one attached hydrogen (secondary N) is 1. The Morgan fingerprint density at radius 3 is 2.39 bits per heavy atom.